The minimum atomic E-state index is -0.478. The van der Waals surface area contributed by atoms with Gasteiger partial charge in [-0.3, -0.25) is 15.0 Å². The standard InChI is InChI=1S/C12H17N3O3/c1-8(2-7-11(16)15-14)18-10-5-3-9(4-6-10)12(13)17/h3-6,8H,2,7,14H2,1H3,(H2,13,17)(H,15,16). The van der Waals surface area contributed by atoms with Crippen molar-refractivity contribution < 1.29 is 14.3 Å². The number of nitrogens with one attached hydrogen (secondary N) is 1. The molecule has 2 amide bonds. The highest BCUT2D eigenvalue weighted by molar-refractivity contribution is 5.92. The van der Waals surface area contributed by atoms with Gasteiger partial charge >= 0.3 is 0 Å². The number of carbonyl (C=O) groups excluding carboxylic acids is 2. The highest BCUT2D eigenvalue weighted by atomic mass is 16.5. The molecule has 1 aromatic rings. The Bertz CT molecular complexity index is 417. The van der Waals surface area contributed by atoms with E-state index in [1.807, 2.05) is 6.92 Å². The minimum Gasteiger partial charge on any atom is -0.491 e. The molecule has 0 aliphatic heterocycles. The van der Waals surface area contributed by atoms with Crippen molar-refractivity contribution in [1.82, 2.24) is 5.43 Å². The molecule has 0 fully saturated rings. The summed E-state index contributed by atoms with van der Waals surface area (Å²) in [7, 11) is 0. The zero-order valence-corrected chi connectivity index (χ0v) is 10.2. The number of rotatable bonds is 6. The van der Waals surface area contributed by atoms with Crippen LogP contribution in [0.2, 0.25) is 0 Å². The molecule has 1 unspecified atom stereocenters. The molecule has 98 valence electrons. The SMILES string of the molecule is CC(CCC(=O)NN)Oc1ccc(C(N)=O)cc1. The number of hydrogen-bond donors (Lipinski definition) is 3. The molecular weight excluding hydrogens is 234 g/mol. The zero-order chi connectivity index (χ0) is 13.5. The van der Waals surface area contributed by atoms with Crippen molar-refractivity contribution in [3.63, 3.8) is 0 Å². The smallest absolute Gasteiger partial charge is 0.248 e. The number of amides is 2. The molecule has 0 heterocycles. The average molecular weight is 251 g/mol. The van der Waals surface area contributed by atoms with E-state index in [4.69, 9.17) is 16.3 Å². The number of nitrogens with two attached hydrogens (primary N) is 2. The molecule has 1 aromatic carbocycles. The Morgan fingerprint density at radius 2 is 1.94 bits per heavy atom. The normalized spacial score (nSPS) is 11.7. The molecule has 0 aromatic heterocycles. The third-order valence-electron chi connectivity index (χ3n) is 2.42. The summed E-state index contributed by atoms with van der Waals surface area (Å²) in [5, 5.41) is 0. The van der Waals surface area contributed by atoms with Crippen molar-refractivity contribution in [3.8, 4) is 5.75 Å². The molecule has 0 radical (unpaired) electrons. The van der Waals surface area contributed by atoms with Gasteiger partial charge < -0.3 is 10.5 Å². The summed E-state index contributed by atoms with van der Waals surface area (Å²) in [6.07, 6.45) is 0.735. The topological polar surface area (TPSA) is 107 Å². The lowest BCUT2D eigenvalue weighted by Gasteiger charge is -2.14. The molecule has 6 heteroatoms. The van der Waals surface area contributed by atoms with Gasteiger partial charge in [-0.25, -0.2) is 5.84 Å². The van der Waals surface area contributed by atoms with E-state index < -0.39 is 5.91 Å². The quantitative estimate of drug-likeness (QED) is 0.384. The summed E-state index contributed by atoms with van der Waals surface area (Å²) in [6.45, 7) is 1.85. The molecule has 6 nitrogen and oxygen atoms in total. The second kappa shape index (κ2) is 6.61. The van der Waals surface area contributed by atoms with Gasteiger partial charge in [-0.1, -0.05) is 0 Å². The fourth-order valence-electron chi connectivity index (χ4n) is 1.40. The van der Waals surface area contributed by atoms with Gasteiger partial charge in [0.25, 0.3) is 0 Å². The van der Waals surface area contributed by atoms with E-state index in [2.05, 4.69) is 5.43 Å². The van der Waals surface area contributed by atoms with Crippen LogP contribution in [0.5, 0.6) is 5.75 Å². The molecule has 0 aliphatic rings. The summed E-state index contributed by atoms with van der Waals surface area (Å²) in [4.78, 5) is 21.8. The van der Waals surface area contributed by atoms with Gasteiger partial charge in [0.1, 0.15) is 5.75 Å². The van der Waals surface area contributed by atoms with Crippen molar-refractivity contribution in [1.29, 1.82) is 0 Å². The predicted octanol–water partition coefficient (Wildman–Crippen LogP) is 0.323. The van der Waals surface area contributed by atoms with Crippen molar-refractivity contribution in [3.05, 3.63) is 29.8 Å². The lowest BCUT2D eigenvalue weighted by atomic mass is 10.2. The van der Waals surface area contributed by atoms with E-state index in [0.717, 1.165) is 0 Å². The Labute approximate surface area is 105 Å². The van der Waals surface area contributed by atoms with Crippen LogP contribution in [0.15, 0.2) is 24.3 Å². The largest absolute Gasteiger partial charge is 0.491 e. The summed E-state index contributed by atoms with van der Waals surface area (Å²) >= 11 is 0. The molecule has 0 aliphatic carbocycles. The van der Waals surface area contributed by atoms with Crippen LogP contribution in [0.1, 0.15) is 30.1 Å². The number of hydrazine groups is 1. The summed E-state index contributed by atoms with van der Waals surface area (Å²) in [5.41, 5.74) is 7.61. The maximum Gasteiger partial charge on any atom is 0.248 e. The summed E-state index contributed by atoms with van der Waals surface area (Å²) in [5.74, 6) is 4.89. The minimum absolute atomic E-state index is 0.123. The van der Waals surface area contributed by atoms with Gasteiger partial charge in [0.15, 0.2) is 0 Å². The van der Waals surface area contributed by atoms with Crippen LogP contribution in [0, 0.1) is 0 Å². The average Bonchev–Trinajstić information content (AvgIpc) is 2.36. The van der Waals surface area contributed by atoms with E-state index in [1.165, 1.54) is 0 Å². The van der Waals surface area contributed by atoms with Crippen molar-refractivity contribution in [2.24, 2.45) is 11.6 Å². The zero-order valence-electron chi connectivity index (χ0n) is 10.2. The second-order valence-corrected chi connectivity index (χ2v) is 3.92. The van der Waals surface area contributed by atoms with E-state index >= 15 is 0 Å². The monoisotopic (exact) mass is 251 g/mol. The number of benzene rings is 1. The first kappa shape index (κ1) is 14.0. The van der Waals surface area contributed by atoms with Crippen molar-refractivity contribution in [2.75, 3.05) is 0 Å². The van der Waals surface area contributed by atoms with Gasteiger partial charge in [0.2, 0.25) is 11.8 Å². The molecule has 0 bridgehead atoms. The van der Waals surface area contributed by atoms with Gasteiger partial charge in [-0.2, -0.15) is 0 Å². The number of ether oxygens (including phenoxy) is 1. The predicted molar refractivity (Wildman–Crippen MR) is 66.6 cm³/mol. The van der Waals surface area contributed by atoms with Crippen LogP contribution >= 0.6 is 0 Å². The Hall–Kier alpha value is -2.08. The molecule has 18 heavy (non-hydrogen) atoms. The molecule has 5 N–H and O–H groups in total. The van der Waals surface area contributed by atoms with Crippen molar-refractivity contribution >= 4 is 11.8 Å². The van der Waals surface area contributed by atoms with Crippen LogP contribution < -0.4 is 21.7 Å². The van der Waals surface area contributed by atoms with Gasteiger partial charge in [0, 0.05) is 12.0 Å². The molecule has 1 atom stereocenters. The first-order valence-electron chi connectivity index (χ1n) is 5.59. The molecule has 0 saturated carbocycles. The van der Waals surface area contributed by atoms with Crippen LogP contribution in [0.4, 0.5) is 0 Å². The second-order valence-electron chi connectivity index (χ2n) is 3.92. The fourth-order valence-corrected chi connectivity index (χ4v) is 1.40. The highest BCUT2D eigenvalue weighted by Gasteiger charge is 2.08. The van der Waals surface area contributed by atoms with Crippen molar-refractivity contribution in [2.45, 2.75) is 25.9 Å². The Kier molecular flexibility index (Phi) is 5.13. The van der Waals surface area contributed by atoms with E-state index in [0.29, 0.717) is 24.2 Å². The third-order valence-corrected chi connectivity index (χ3v) is 2.42. The van der Waals surface area contributed by atoms with Crippen LogP contribution in [-0.2, 0) is 4.79 Å². The molecule has 0 saturated heterocycles. The lowest BCUT2D eigenvalue weighted by molar-refractivity contribution is -0.121. The van der Waals surface area contributed by atoms with Crippen LogP contribution in [0.3, 0.4) is 0 Å². The fraction of sp³-hybridized carbons (Fsp3) is 0.333. The third kappa shape index (κ3) is 4.42. The van der Waals surface area contributed by atoms with E-state index in [-0.39, 0.29) is 12.0 Å². The molecule has 0 spiro atoms. The first-order valence-corrected chi connectivity index (χ1v) is 5.59. The highest BCUT2D eigenvalue weighted by Crippen LogP contribution is 2.15. The van der Waals surface area contributed by atoms with E-state index in [1.54, 1.807) is 24.3 Å². The van der Waals surface area contributed by atoms with Crippen LogP contribution in [-0.4, -0.2) is 17.9 Å². The maximum atomic E-state index is 10.9. The van der Waals surface area contributed by atoms with Gasteiger partial charge in [-0.05, 0) is 37.6 Å². The van der Waals surface area contributed by atoms with E-state index in [9.17, 15) is 9.59 Å². The first-order chi connectivity index (χ1) is 8.52. The lowest BCUT2D eigenvalue weighted by Crippen LogP contribution is -2.30. The Morgan fingerprint density at radius 1 is 1.33 bits per heavy atom. The molecular formula is C12H17N3O3. The molecule has 1 rings (SSSR count). The number of carbonyl (C=O) groups is 2. The summed E-state index contributed by atoms with van der Waals surface area (Å²) in [6, 6.07) is 6.52. The Balaban J connectivity index is 2.46. The number of primary amides is 1. The van der Waals surface area contributed by atoms with Crippen LogP contribution in [0.25, 0.3) is 0 Å². The Morgan fingerprint density at radius 3 is 2.44 bits per heavy atom. The van der Waals surface area contributed by atoms with Gasteiger partial charge in [-0.15, -0.1) is 0 Å². The summed E-state index contributed by atoms with van der Waals surface area (Å²) < 4.78 is 5.57. The van der Waals surface area contributed by atoms with Gasteiger partial charge in [0.05, 0.1) is 6.10 Å². The maximum absolute atomic E-state index is 10.9. The number of hydrogen-bond acceptors (Lipinski definition) is 4.